The normalized spacial score (nSPS) is 25.1. The van der Waals surface area contributed by atoms with Crippen LogP contribution in [0.3, 0.4) is 0 Å². The number of rotatable bonds is 0. The molecule has 2 heterocycles. The first kappa shape index (κ1) is 11.7. The third-order valence-electron chi connectivity index (χ3n) is 3.96. The van der Waals surface area contributed by atoms with Crippen LogP contribution in [0.25, 0.3) is 0 Å². The van der Waals surface area contributed by atoms with Gasteiger partial charge >= 0.3 is 6.09 Å². The van der Waals surface area contributed by atoms with Crippen LogP contribution in [-0.4, -0.2) is 37.7 Å². The minimum Gasteiger partial charge on any atom is -0.453 e. The Morgan fingerprint density at radius 1 is 1.56 bits per heavy atom. The molecule has 0 aromatic heterocycles. The van der Waals surface area contributed by atoms with Crippen molar-refractivity contribution in [3.63, 3.8) is 0 Å². The summed E-state index contributed by atoms with van der Waals surface area (Å²) in [5.74, 6) is 0. The third-order valence-corrected chi connectivity index (χ3v) is 4.19. The molecule has 1 atom stereocenters. The zero-order chi connectivity index (χ0) is 12.8. The molecule has 5 heteroatoms. The Morgan fingerprint density at radius 3 is 3.17 bits per heavy atom. The number of halogens is 1. The van der Waals surface area contributed by atoms with E-state index < -0.39 is 0 Å². The smallest absolute Gasteiger partial charge is 0.409 e. The van der Waals surface area contributed by atoms with E-state index in [-0.39, 0.29) is 11.5 Å². The number of hydrogen-bond donors (Lipinski definition) is 1. The van der Waals surface area contributed by atoms with Gasteiger partial charge in [0.2, 0.25) is 0 Å². The lowest BCUT2D eigenvalue weighted by Crippen LogP contribution is -2.35. The van der Waals surface area contributed by atoms with E-state index in [0.717, 1.165) is 30.2 Å². The summed E-state index contributed by atoms with van der Waals surface area (Å²) in [4.78, 5) is 13.4. The van der Waals surface area contributed by atoms with Crippen LogP contribution in [-0.2, 0) is 10.2 Å². The number of nitrogens with one attached hydrogen (secondary N) is 1. The van der Waals surface area contributed by atoms with Gasteiger partial charge in [-0.1, -0.05) is 11.6 Å². The molecule has 96 valence electrons. The van der Waals surface area contributed by atoms with E-state index in [1.807, 2.05) is 18.2 Å². The van der Waals surface area contributed by atoms with Crippen molar-refractivity contribution in [3.05, 3.63) is 28.8 Å². The van der Waals surface area contributed by atoms with Crippen molar-refractivity contribution < 1.29 is 9.53 Å². The SMILES string of the molecule is COC(=O)N1CC[C@]2(CNc3ccc(Cl)cc32)C1. The predicted octanol–water partition coefficient (Wildman–Crippen LogP) is 2.48. The molecule has 1 N–H and O–H groups in total. The van der Waals surface area contributed by atoms with Gasteiger partial charge in [-0.15, -0.1) is 0 Å². The standard InChI is InChI=1S/C13H15ClN2O2/c1-18-12(17)16-5-4-13(8-16)7-15-11-3-2-9(14)6-10(11)13/h2-3,6,15H,4-5,7-8H2,1H3/t13-/m0/s1. The first-order valence-corrected chi connectivity index (χ1v) is 6.39. The maximum absolute atomic E-state index is 11.6. The van der Waals surface area contributed by atoms with Gasteiger partial charge in [0.05, 0.1) is 7.11 Å². The minimum atomic E-state index is -0.248. The molecule has 2 aliphatic heterocycles. The number of ether oxygens (including phenoxy) is 1. The molecule has 3 rings (SSSR count). The van der Waals surface area contributed by atoms with Gasteiger partial charge in [0, 0.05) is 35.8 Å². The van der Waals surface area contributed by atoms with E-state index in [1.165, 1.54) is 12.7 Å². The number of likely N-dealkylation sites (tertiary alicyclic amines) is 1. The topological polar surface area (TPSA) is 41.6 Å². The number of carbonyl (C=O) groups excluding carboxylic acids is 1. The summed E-state index contributed by atoms with van der Waals surface area (Å²) in [6.45, 7) is 2.29. The highest BCUT2D eigenvalue weighted by atomic mass is 35.5. The number of methoxy groups -OCH3 is 1. The van der Waals surface area contributed by atoms with Crippen LogP contribution in [0.15, 0.2) is 18.2 Å². The summed E-state index contributed by atoms with van der Waals surface area (Å²) in [5.41, 5.74) is 2.35. The zero-order valence-corrected chi connectivity index (χ0v) is 11.0. The van der Waals surface area contributed by atoms with Crippen LogP contribution in [0, 0.1) is 0 Å². The van der Waals surface area contributed by atoms with Gasteiger partial charge in [0.15, 0.2) is 0 Å². The average Bonchev–Trinajstić information content (AvgIpc) is 2.96. The summed E-state index contributed by atoms with van der Waals surface area (Å²) >= 11 is 6.08. The molecule has 1 aromatic carbocycles. The van der Waals surface area contributed by atoms with E-state index in [4.69, 9.17) is 16.3 Å². The average molecular weight is 267 g/mol. The molecule has 18 heavy (non-hydrogen) atoms. The molecular formula is C13H15ClN2O2. The van der Waals surface area contributed by atoms with Gasteiger partial charge in [-0.2, -0.15) is 0 Å². The molecule has 2 aliphatic rings. The van der Waals surface area contributed by atoms with Crippen LogP contribution >= 0.6 is 11.6 Å². The lowest BCUT2D eigenvalue weighted by Gasteiger charge is -2.23. The third kappa shape index (κ3) is 1.63. The van der Waals surface area contributed by atoms with E-state index in [1.54, 1.807) is 4.90 Å². The second-order valence-electron chi connectivity index (χ2n) is 4.97. The van der Waals surface area contributed by atoms with Crippen molar-refractivity contribution in [3.8, 4) is 0 Å². The lowest BCUT2D eigenvalue weighted by molar-refractivity contribution is 0.131. The van der Waals surface area contributed by atoms with Gasteiger partial charge < -0.3 is 15.0 Å². The Morgan fingerprint density at radius 2 is 2.39 bits per heavy atom. The highest BCUT2D eigenvalue weighted by molar-refractivity contribution is 6.30. The molecule has 1 spiro atoms. The number of anilines is 1. The Kier molecular flexibility index (Phi) is 2.63. The predicted molar refractivity (Wildman–Crippen MR) is 70.2 cm³/mol. The second-order valence-corrected chi connectivity index (χ2v) is 5.40. The summed E-state index contributed by atoms with van der Waals surface area (Å²) < 4.78 is 4.79. The number of nitrogens with zero attached hydrogens (tertiary/aromatic N) is 1. The molecule has 4 nitrogen and oxygen atoms in total. The largest absolute Gasteiger partial charge is 0.453 e. The van der Waals surface area contributed by atoms with Gasteiger partial charge in [-0.05, 0) is 30.2 Å². The molecule has 0 aliphatic carbocycles. The fourth-order valence-electron chi connectivity index (χ4n) is 2.99. The van der Waals surface area contributed by atoms with E-state index in [9.17, 15) is 4.79 Å². The van der Waals surface area contributed by atoms with Crippen LogP contribution in [0.5, 0.6) is 0 Å². The van der Waals surface area contributed by atoms with E-state index in [2.05, 4.69) is 5.32 Å². The maximum atomic E-state index is 11.6. The van der Waals surface area contributed by atoms with Crippen LogP contribution < -0.4 is 5.32 Å². The van der Waals surface area contributed by atoms with Gasteiger partial charge in [0.1, 0.15) is 0 Å². The van der Waals surface area contributed by atoms with Gasteiger partial charge in [-0.3, -0.25) is 0 Å². The fourth-order valence-corrected chi connectivity index (χ4v) is 3.16. The summed E-state index contributed by atoms with van der Waals surface area (Å²) in [6, 6.07) is 5.91. The first-order chi connectivity index (χ1) is 8.64. The molecule has 1 amide bonds. The van der Waals surface area contributed by atoms with E-state index >= 15 is 0 Å². The highest BCUT2D eigenvalue weighted by Gasteiger charge is 2.46. The number of hydrogen-bond acceptors (Lipinski definition) is 3. The first-order valence-electron chi connectivity index (χ1n) is 6.01. The second kappa shape index (κ2) is 4.05. The lowest BCUT2D eigenvalue weighted by atomic mass is 9.82. The molecule has 0 radical (unpaired) electrons. The monoisotopic (exact) mass is 266 g/mol. The van der Waals surface area contributed by atoms with Crippen molar-refractivity contribution >= 4 is 23.4 Å². The van der Waals surface area contributed by atoms with Crippen LogP contribution in [0.4, 0.5) is 10.5 Å². The van der Waals surface area contributed by atoms with Crippen LogP contribution in [0.2, 0.25) is 5.02 Å². The Labute approximate surface area is 111 Å². The summed E-state index contributed by atoms with van der Waals surface area (Å²) in [6.07, 6.45) is 0.699. The summed E-state index contributed by atoms with van der Waals surface area (Å²) in [7, 11) is 1.42. The van der Waals surface area contributed by atoms with Crippen molar-refractivity contribution in [2.75, 3.05) is 32.1 Å². The van der Waals surface area contributed by atoms with Gasteiger partial charge in [-0.25, -0.2) is 4.79 Å². The minimum absolute atomic E-state index is 0.00553. The fraction of sp³-hybridized carbons (Fsp3) is 0.462. The van der Waals surface area contributed by atoms with Gasteiger partial charge in [0.25, 0.3) is 0 Å². The number of benzene rings is 1. The van der Waals surface area contributed by atoms with Crippen molar-refractivity contribution in [1.82, 2.24) is 4.90 Å². The quantitative estimate of drug-likeness (QED) is 0.784. The van der Waals surface area contributed by atoms with Crippen molar-refractivity contribution in [2.45, 2.75) is 11.8 Å². The zero-order valence-electron chi connectivity index (χ0n) is 10.2. The Balaban J connectivity index is 1.92. The molecule has 0 unspecified atom stereocenters. The number of fused-ring (bicyclic) bond motifs is 2. The number of carbonyl (C=O) groups is 1. The molecule has 0 bridgehead atoms. The summed E-state index contributed by atoms with van der Waals surface area (Å²) in [5, 5.41) is 4.14. The molecule has 1 aromatic rings. The van der Waals surface area contributed by atoms with E-state index in [0.29, 0.717) is 6.54 Å². The highest BCUT2D eigenvalue weighted by Crippen LogP contribution is 2.44. The molecule has 1 fully saturated rings. The molecule has 0 saturated carbocycles. The molecule has 1 saturated heterocycles. The van der Waals surface area contributed by atoms with Crippen molar-refractivity contribution in [1.29, 1.82) is 0 Å². The maximum Gasteiger partial charge on any atom is 0.409 e. The van der Waals surface area contributed by atoms with Crippen molar-refractivity contribution in [2.24, 2.45) is 0 Å². The Bertz CT molecular complexity index is 506. The molecular weight excluding hydrogens is 252 g/mol. The number of amides is 1. The van der Waals surface area contributed by atoms with Crippen LogP contribution in [0.1, 0.15) is 12.0 Å². The Hall–Kier alpha value is -1.42.